The number of aryl methyl sites for hydroxylation is 1. The van der Waals surface area contributed by atoms with Gasteiger partial charge in [0.15, 0.2) is 0 Å². The minimum Gasteiger partial charge on any atom is -0.490 e. The van der Waals surface area contributed by atoms with Gasteiger partial charge in [0.25, 0.3) is 0 Å². The van der Waals surface area contributed by atoms with E-state index in [9.17, 15) is 9.59 Å². The Balaban J connectivity index is 1.49. The van der Waals surface area contributed by atoms with Gasteiger partial charge in [-0.15, -0.1) is 0 Å². The van der Waals surface area contributed by atoms with Crippen LogP contribution in [-0.2, 0) is 16.0 Å². The van der Waals surface area contributed by atoms with E-state index in [1.165, 1.54) is 12.8 Å². The number of carbonyl (C=O) groups excluding carboxylic acids is 1. The third kappa shape index (κ3) is 4.28. The first-order valence-electron chi connectivity index (χ1n) is 8.88. The Morgan fingerprint density at radius 2 is 2.00 bits per heavy atom. The molecule has 130 valence electrons. The molecule has 3 rings (SSSR count). The first-order chi connectivity index (χ1) is 11.6. The number of nitrogens with zero attached hydrogens (tertiary/aromatic N) is 1. The smallest absolute Gasteiger partial charge is 0.308 e. The average Bonchev–Trinajstić information content (AvgIpc) is 3.24. The first-order valence-corrected chi connectivity index (χ1v) is 8.88. The molecule has 2 aliphatic rings. The molecule has 1 heterocycles. The molecule has 1 atom stereocenters. The number of ether oxygens (including phenoxy) is 1. The number of benzene rings is 1. The van der Waals surface area contributed by atoms with Gasteiger partial charge in [-0.2, -0.15) is 0 Å². The molecule has 5 nitrogen and oxygen atoms in total. The normalized spacial score (nSPS) is 21.2. The Kier molecular flexibility index (Phi) is 5.38. The molecule has 5 heteroatoms. The van der Waals surface area contributed by atoms with Crippen molar-refractivity contribution in [2.45, 2.75) is 51.0 Å². The summed E-state index contributed by atoms with van der Waals surface area (Å²) < 4.78 is 6.00. The quantitative estimate of drug-likeness (QED) is 0.870. The summed E-state index contributed by atoms with van der Waals surface area (Å²) in [5.74, 6) is -0.279. The number of aliphatic carboxylic acids is 1. The molecule has 1 aromatic rings. The molecule has 1 aromatic carbocycles. The van der Waals surface area contributed by atoms with Gasteiger partial charge in [-0.3, -0.25) is 9.59 Å². The van der Waals surface area contributed by atoms with Crippen molar-refractivity contribution >= 4 is 11.9 Å². The number of rotatable bonds is 6. The van der Waals surface area contributed by atoms with Crippen LogP contribution in [0, 0.1) is 5.92 Å². The standard InChI is InChI=1S/C19H25NO4/c21-18(20-11-10-15(13-20)19(22)23)9-8-14-4-3-7-17(12-14)24-16-5-1-2-6-16/h3-4,7,12,15-16H,1-2,5-6,8-11,13H2,(H,22,23)/t15-/m0/s1. The molecule has 0 unspecified atom stereocenters. The maximum atomic E-state index is 12.3. The molecule has 1 N–H and O–H groups in total. The van der Waals surface area contributed by atoms with Gasteiger partial charge >= 0.3 is 5.97 Å². The Bertz CT molecular complexity index is 595. The summed E-state index contributed by atoms with van der Waals surface area (Å²) in [4.78, 5) is 24.9. The zero-order chi connectivity index (χ0) is 16.9. The van der Waals surface area contributed by atoms with Crippen LogP contribution in [0.4, 0.5) is 0 Å². The van der Waals surface area contributed by atoms with Gasteiger partial charge in [0.1, 0.15) is 5.75 Å². The van der Waals surface area contributed by atoms with Crippen molar-refractivity contribution in [2.24, 2.45) is 5.92 Å². The summed E-state index contributed by atoms with van der Waals surface area (Å²) in [6.07, 6.45) is 6.71. The van der Waals surface area contributed by atoms with Gasteiger partial charge in [-0.1, -0.05) is 12.1 Å². The van der Waals surface area contributed by atoms with Gasteiger partial charge in [-0.05, 0) is 56.2 Å². The van der Waals surface area contributed by atoms with E-state index in [1.54, 1.807) is 4.90 Å². The maximum absolute atomic E-state index is 12.3. The Morgan fingerprint density at radius 1 is 1.21 bits per heavy atom. The molecule has 1 aliphatic heterocycles. The second-order valence-corrected chi connectivity index (χ2v) is 6.84. The number of hydrogen-bond acceptors (Lipinski definition) is 3. The largest absolute Gasteiger partial charge is 0.490 e. The van der Waals surface area contributed by atoms with E-state index in [-0.39, 0.29) is 5.91 Å². The average molecular weight is 331 g/mol. The SMILES string of the molecule is O=C(O)[C@H]1CCN(C(=O)CCc2cccc(OC3CCCC3)c2)C1. The van der Waals surface area contributed by atoms with Gasteiger partial charge in [0.05, 0.1) is 12.0 Å². The maximum Gasteiger partial charge on any atom is 0.308 e. The minimum atomic E-state index is -0.804. The predicted octanol–water partition coefficient (Wildman–Crippen LogP) is 2.87. The van der Waals surface area contributed by atoms with Crippen LogP contribution in [-0.4, -0.2) is 41.1 Å². The van der Waals surface area contributed by atoms with Crippen molar-refractivity contribution in [2.75, 3.05) is 13.1 Å². The van der Waals surface area contributed by atoms with Crippen LogP contribution >= 0.6 is 0 Å². The molecule has 0 spiro atoms. The highest BCUT2D eigenvalue weighted by Gasteiger charge is 2.30. The zero-order valence-corrected chi connectivity index (χ0v) is 13.9. The molecule has 0 radical (unpaired) electrons. The fraction of sp³-hybridized carbons (Fsp3) is 0.579. The minimum absolute atomic E-state index is 0.0425. The Morgan fingerprint density at radius 3 is 2.71 bits per heavy atom. The third-order valence-electron chi connectivity index (χ3n) is 5.02. The fourth-order valence-corrected chi connectivity index (χ4v) is 3.57. The van der Waals surface area contributed by atoms with Crippen LogP contribution in [0.1, 0.15) is 44.1 Å². The summed E-state index contributed by atoms with van der Waals surface area (Å²) in [5, 5.41) is 9.02. The lowest BCUT2D eigenvalue weighted by molar-refractivity contribution is -0.141. The molecule has 24 heavy (non-hydrogen) atoms. The second-order valence-electron chi connectivity index (χ2n) is 6.84. The lowest BCUT2D eigenvalue weighted by Crippen LogP contribution is -2.30. The number of hydrogen-bond donors (Lipinski definition) is 1. The number of likely N-dealkylation sites (tertiary alicyclic amines) is 1. The highest BCUT2D eigenvalue weighted by Crippen LogP contribution is 2.25. The highest BCUT2D eigenvalue weighted by molar-refractivity contribution is 5.79. The molecule has 2 fully saturated rings. The molecule has 1 saturated carbocycles. The van der Waals surface area contributed by atoms with Crippen molar-refractivity contribution in [1.29, 1.82) is 0 Å². The van der Waals surface area contributed by atoms with Crippen molar-refractivity contribution in [3.05, 3.63) is 29.8 Å². The van der Waals surface area contributed by atoms with Crippen LogP contribution < -0.4 is 4.74 Å². The van der Waals surface area contributed by atoms with Gasteiger partial charge < -0.3 is 14.7 Å². The number of carboxylic acids is 1. The Labute approximate surface area is 142 Å². The highest BCUT2D eigenvalue weighted by atomic mass is 16.5. The van der Waals surface area contributed by atoms with Gasteiger partial charge in [-0.25, -0.2) is 0 Å². The number of carboxylic acid groups (broad SMARTS) is 1. The predicted molar refractivity (Wildman–Crippen MR) is 90.0 cm³/mol. The van der Waals surface area contributed by atoms with Crippen molar-refractivity contribution in [1.82, 2.24) is 4.90 Å². The van der Waals surface area contributed by atoms with E-state index < -0.39 is 11.9 Å². The monoisotopic (exact) mass is 331 g/mol. The summed E-state index contributed by atoms with van der Waals surface area (Å²) in [7, 11) is 0. The summed E-state index contributed by atoms with van der Waals surface area (Å²) in [6, 6.07) is 7.98. The van der Waals surface area contributed by atoms with Gasteiger partial charge in [0.2, 0.25) is 5.91 Å². The van der Waals surface area contributed by atoms with Crippen LogP contribution in [0.25, 0.3) is 0 Å². The van der Waals surface area contributed by atoms with Crippen LogP contribution in [0.5, 0.6) is 5.75 Å². The summed E-state index contributed by atoms with van der Waals surface area (Å²) >= 11 is 0. The molecule has 1 saturated heterocycles. The number of amides is 1. The fourth-order valence-electron chi connectivity index (χ4n) is 3.57. The first kappa shape index (κ1) is 16.8. The van der Waals surface area contributed by atoms with E-state index in [1.807, 2.05) is 24.3 Å². The lowest BCUT2D eigenvalue weighted by Gasteiger charge is -2.16. The van der Waals surface area contributed by atoms with E-state index in [0.717, 1.165) is 24.2 Å². The van der Waals surface area contributed by atoms with E-state index in [2.05, 4.69) is 0 Å². The molecule has 0 bridgehead atoms. The molecule has 1 aliphatic carbocycles. The van der Waals surface area contributed by atoms with E-state index in [0.29, 0.717) is 38.5 Å². The van der Waals surface area contributed by atoms with Crippen LogP contribution in [0.15, 0.2) is 24.3 Å². The number of carbonyl (C=O) groups is 2. The van der Waals surface area contributed by atoms with Crippen LogP contribution in [0.3, 0.4) is 0 Å². The second kappa shape index (κ2) is 7.69. The topological polar surface area (TPSA) is 66.8 Å². The van der Waals surface area contributed by atoms with Crippen molar-refractivity contribution in [3.8, 4) is 5.75 Å². The van der Waals surface area contributed by atoms with E-state index >= 15 is 0 Å². The summed E-state index contributed by atoms with van der Waals surface area (Å²) in [6.45, 7) is 0.902. The molecule has 0 aromatic heterocycles. The molecular formula is C19H25NO4. The van der Waals surface area contributed by atoms with Crippen molar-refractivity contribution in [3.63, 3.8) is 0 Å². The zero-order valence-electron chi connectivity index (χ0n) is 13.9. The third-order valence-corrected chi connectivity index (χ3v) is 5.02. The Hall–Kier alpha value is -2.04. The van der Waals surface area contributed by atoms with Gasteiger partial charge in [0, 0.05) is 19.5 Å². The molecule has 1 amide bonds. The lowest BCUT2D eigenvalue weighted by atomic mass is 10.1. The van der Waals surface area contributed by atoms with Crippen LogP contribution in [0.2, 0.25) is 0 Å². The van der Waals surface area contributed by atoms with Crippen molar-refractivity contribution < 1.29 is 19.4 Å². The summed E-state index contributed by atoms with van der Waals surface area (Å²) in [5.41, 5.74) is 1.09. The molecular weight excluding hydrogens is 306 g/mol. The van der Waals surface area contributed by atoms with E-state index in [4.69, 9.17) is 9.84 Å².